The first-order chi connectivity index (χ1) is 9.23. The molecule has 1 heterocycles. The Bertz CT molecular complexity index is 390. The van der Waals surface area contributed by atoms with Crippen molar-refractivity contribution in [1.29, 1.82) is 0 Å². The molecule has 0 aromatic rings. The van der Waals surface area contributed by atoms with Crippen LogP contribution in [0.5, 0.6) is 0 Å². The molecule has 1 aliphatic rings. The molecule has 0 aromatic carbocycles. The summed E-state index contributed by atoms with van der Waals surface area (Å²) in [4.78, 5) is 25.5. The van der Waals surface area contributed by atoms with Crippen molar-refractivity contribution in [3.8, 4) is 0 Å². The average Bonchev–Trinajstić information content (AvgIpc) is 2.36. The third-order valence-electron chi connectivity index (χ3n) is 3.20. The van der Waals surface area contributed by atoms with E-state index in [1.807, 2.05) is 20.8 Å². The zero-order chi connectivity index (χ0) is 15.3. The quantitative estimate of drug-likeness (QED) is 0.490. The van der Waals surface area contributed by atoms with E-state index in [1.165, 1.54) is 0 Å². The smallest absolute Gasteiger partial charge is 0.410 e. The summed E-state index contributed by atoms with van der Waals surface area (Å²) in [6, 6.07) is 0. The van der Waals surface area contributed by atoms with Gasteiger partial charge >= 0.3 is 6.09 Å². The average molecular weight is 284 g/mol. The van der Waals surface area contributed by atoms with Gasteiger partial charge in [0, 0.05) is 25.4 Å². The molecule has 6 nitrogen and oxygen atoms in total. The van der Waals surface area contributed by atoms with Crippen LogP contribution in [0.4, 0.5) is 4.79 Å². The Labute approximate surface area is 119 Å². The Morgan fingerprint density at radius 3 is 2.30 bits per heavy atom. The highest BCUT2D eigenvalue weighted by atomic mass is 16.6. The van der Waals surface area contributed by atoms with Crippen LogP contribution in [0.1, 0.15) is 47.0 Å². The summed E-state index contributed by atoms with van der Waals surface area (Å²) in [6.07, 6.45) is 1.12. The fourth-order valence-electron chi connectivity index (χ4n) is 2.14. The van der Waals surface area contributed by atoms with Gasteiger partial charge in [0.15, 0.2) is 0 Å². The van der Waals surface area contributed by atoms with Gasteiger partial charge in [0.1, 0.15) is 11.4 Å². The van der Waals surface area contributed by atoms with Crippen molar-refractivity contribution in [3.63, 3.8) is 0 Å². The SMILES string of the molecule is C/C(CC(=O)C1CCN(C(=O)OC(C)(C)C)CC1)=N/O. The second-order valence-corrected chi connectivity index (χ2v) is 6.22. The van der Waals surface area contributed by atoms with Gasteiger partial charge in [-0.25, -0.2) is 4.79 Å². The molecule has 0 saturated carbocycles. The number of oxime groups is 1. The van der Waals surface area contributed by atoms with Crippen molar-refractivity contribution in [2.45, 2.75) is 52.6 Å². The third kappa shape index (κ3) is 5.19. The Morgan fingerprint density at radius 1 is 1.30 bits per heavy atom. The van der Waals surface area contributed by atoms with E-state index in [2.05, 4.69) is 5.16 Å². The molecule has 1 aliphatic heterocycles. The van der Waals surface area contributed by atoms with Crippen molar-refractivity contribution in [1.82, 2.24) is 4.90 Å². The van der Waals surface area contributed by atoms with Crippen LogP contribution in [-0.4, -0.2) is 46.4 Å². The Kier molecular flexibility index (Phi) is 5.53. The van der Waals surface area contributed by atoms with E-state index in [4.69, 9.17) is 9.94 Å². The lowest BCUT2D eigenvalue weighted by Gasteiger charge is -2.32. The largest absolute Gasteiger partial charge is 0.444 e. The van der Waals surface area contributed by atoms with Crippen molar-refractivity contribution < 1.29 is 19.5 Å². The first kappa shape index (κ1) is 16.5. The number of nitrogens with zero attached hydrogens (tertiary/aromatic N) is 2. The monoisotopic (exact) mass is 284 g/mol. The lowest BCUT2D eigenvalue weighted by molar-refractivity contribution is -0.123. The van der Waals surface area contributed by atoms with Crippen molar-refractivity contribution in [2.75, 3.05) is 13.1 Å². The summed E-state index contributed by atoms with van der Waals surface area (Å²) in [5, 5.41) is 11.6. The fourth-order valence-corrected chi connectivity index (χ4v) is 2.14. The summed E-state index contributed by atoms with van der Waals surface area (Å²) < 4.78 is 5.30. The molecule has 0 aromatic heterocycles. The highest BCUT2D eigenvalue weighted by Gasteiger charge is 2.29. The molecular formula is C14H24N2O4. The third-order valence-corrected chi connectivity index (χ3v) is 3.20. The number of likely N-dealkylation sites (tertiary alicyclic amines) is 1. The van der Waals surface area contributed by atoms with Crippen LogP contribution in [0.15, 0.2) is 5.16 Å². The lowest BCUT2D eigenvalue weighted by Crippen LogP contribution is -2.43. The number of Topliss-reactive ketones (excluding diaryl/α,β-unsaturated/α-hetero) is 1. The zero-order valence-electron chi connectivity index (χ0n) is 12.7. The van der Waals surface area contributed by atoms with E-state index in [0.717, 1.165) is 0 Å². The number of rotatable bonds is 3. The van der Waals surface area contributed by atoms with Crippen molar-refractivity contribution >= 4 is 17.6 Å². The molecule has 114 valence electrons. The van der Waals surface area contributed by atoms with Gasteiger partial charge in [-0.15, -0.1) is 0 Å². The molecule has 0 atom stereocenters. The predicted octanol–water partition coefficient (Wildman–Crippen LogP) is 2.44. The number of piperidine rings is 1. The molecule has 6 heteroatoms. The van der Waals surface area contributed by atoms with Crippen LogP contribution in [0.3, 0.4) is 0 Å². The first-order valence-electron chi connectivity index (χ1n) is 6.91. The van der Waals surface area contributed by atoms with Crippen molar-refractivity contribution in [3.05, 3.63) is 0 Å². The molecule has 1 amide bonds. The van der Waals surface area contributed by atoms with E-state index in [0.29, 0.717) is 31.6 Å². The zero-order valence-corrected chi connectivity index (χ0v) is 12.7. The van der Waals surface area contributed by atoms with Gasteiger partial charge in [-0.2, -0.15) is 0 Å². The van der Waals surface area contributed by atoms with E-state index in [9.17, 15) is 9.59 Å². The fraction of sp³-hybridized carbons (Fsp3) is 0.786. The Morgan fingerprint density at radius 2 is 1.85 bits per heavy atom. The molecule has 1 N–H and O–H groups in total. The summed E-state index contributed by atoms with van der Waals surface area (Å²) in [6.45, 7) is 8.17. The van der Waals surface area contributed by atoms with Crippen LogP contribution in [0, 0.1) is 5.92 Å². The molecule has 1 fully saturated rings. The topological polar surface area (TPSA) is 79.2 Å². The molecule has 0 unspecified atom stereocenters. The molecule has 0 radical (unpaired) electrons. The van der Waals surface area contributed by atoms with E-state index in [-0.39, 0.29) is 24.2 Å². The number of carbonyl (C=O) groups is 2. The predicted molar refractivity (Wildman–Crippen MR) is 75.1 cm³/mol. The number of ketones is 1. The standard InChI is InChI=1S/C14H24N2O4/c1-10(15-19)9-12(17)11-5-7-16(8-6-11)13(18)20-14(2,3)4/h11,19H,5-9H2,1-4H3/b15-10-. The van der Waals surface area contributed by atoms with Gasteiger partial charge in [0.05, 0.1) is 5.71 Å². The van der Waals surface area contributed by atoms with Gasteiger partial charge in [-0.05, 0) is 40.5 Å². The summed E-state index contributed by atoms with van der Waals surface area (Å²) in [7, 11) is 0. The Hall–Kier alpha value is -1.59. The molecular weight excluding hydrogens is 260 g/mol. The van der Waals surface area contributed by atoms with Crippen LogP contribution < -0.4 is 0 Å². The van der Waals surface area contributed by atoms with Gasteiger partial charge in [-0.1, -0.05) is 5.16 Å². The molecule has 0 aliphatic carbocycles. The molecule has 20 heavy (non-hydrogen) atoms. The van der Waals surface area contributed by atoms with Crippen LogP contribution >= 0.6 is 0 Å². The van der Waals surface area contributed by atoms with Gasteiger partial charge in [0.25, 0.3) is 0 Å². The van der Waals surface area contributed by atoms with E-state index < -0.39 is 5.60 Å². The molecule has 1 rings (SSSR count). The maximum absolute atomic E-state index is 11.9. The Balaban J connectivity index is 2.44. The molecule has 1 saturated heterocycles. The minimum Gasteiger partial charge on any atom is -0.444 e. The van der Waals surface area contributed by atoms with Crippen LogP contribution in [0.25, 0.3) is 0 Å². The van der Waals surface area contributed by atoms with E-state index in [1.54, 1.807) is 11.8 Å². The van der Waals surface area contributed by atoms with Gasteiger partial charge in [0.2, 0.25) is 0 Å². The second kappa shape index (κ2) is 6.72. The minimum atomic E-state index is -0.502. The number of ether oxygens (including phenoxy) is 1. The summed E-state index contributed by atoms with van der Waals surface area (Å²) in [5.74, 6) is 0.00882. The number of amides is 1. The highest BCUT2D eigenvalue weighted by molar-refractivity contribution is 6.01. The molecule has 0 spiro atoms. The maximum Gasteiger partial charge on any atom is 0.410 e. The van der Waals surface area contributed by atoms with Crippen LogP contribution in [0.2, 0.25) is 0 Å². The van der Waals surface area contributed by atoms with E-state index >= 15 is 0 Å². The summed E-state index contributed by atoms with van der Waals surface area (Å²) in [5.41, 5.74) is -0.0806. The lowest BCUT2D eigenvalue weighted by atomic mass is 9.90. The highest BCUT2D eigenvalue weighted by Crippen LogP contribution is 2.21. The number of carbonyl (C=O) groups excluding carboxylic acids is 2. The van der Waals surface area contributed by atoms with Gasteiger partial charge < -0.3 is 14.8 Å². The van der Waals surface area contributed by atoms with Crippen molar-refractivity contribution in [2.24, 2.45) is 11.1 Å². The second-order valence-electron chi connectivity index (χ2n) is 6.22. The number of hydrogen-bond acceptors (Lipinski definition) is 5. The normalized spacial score (nSPS) is 18.0. The van der Waals surface area contributed by atoms with Gasteiger partial charge in [-0.3, -0.25) is 4.79 Å². The number of hydrogen-bond donors (Lipinski definition) is 1. The maximum atomic E-state index is 11.9. The molecule has 0 bridgehead atoms. The first-order valence-corrected chi connectivity index (χ1v) is 6.91. The minimum absolute atomic E-state index is 0.0645. The van der Waals surface area contributed by atoms with Crippen LogP contribution in [-0.2, 0) is 9.53 Å². The summed E-state index contributed by atoms with van der Waals surface area (Å²) >= 11 is 0.